The molecule has 0 spiro atoms. The molecule has 2 amide bonds. The number of carbonyl (C=O) groups excluding carboxylic acids is 3. The highest BCUT2D eigenvalue weighted by atomic mass is 16.5. The largest absolute Gasteiger partial charge is 0.497 e. The number of nitrogens with zero attached hydrogens (tertiary/aromatic N) is 2. The van der Waals surface area contributed by atoms with E-state index in [2.05, 4.69) is 5.32 Å². The van der Waals surface area contributed by atoms with Gasteiger partial charge in [0.15, 0.2) is 12.2 Å². The van der Waals surface area contributed by atoms with Crippen molar-refractivity contribution >= 4 is 17.8 Å². The number of methoxy groups -OCH3 is 1. The summed E-state index contributed by atoms with van der Waals surface area (Å²) >= 11 is 0. The molecule has 0 saturated carbocycles. The average Bonchev–Trinajstić information content (AvgIpc) is 2.77. The Labute approximate surface area is 175 Å². The summed E-state index contributed by atoms with van der Waals surface area (Å²) in [6.07, 6.45) is -3.74. The lowest BCUT2D eigenvalue weighted by atomic mass is 10.1. The van der Waals surface area contributed by atoms with Gasteiger partial charge in [-0.25, -0.2) is 0 Å². The van der Waals surface area contributed by atoms with Gasteiger partial charge in [-0.3, -0.25) is 19.3 Å². The SMILES string of the molecule is CCOC(=O)CN1CCN(C(=O)[C@H](O)[C@@H](O)C(=O)NCc2ccc(OC)cc2)CC1. The quantitative estimate of drug-likeness (QED) is 0.420. The molecule has 0 radical (unpaired) electrons. The molecule has 1 aliphatic heterocycles. The monoisotopic (exact) mass is 423 g/mol. The first-order chi connectivity index (χ1) is 14.3. The van der Waals surface area contributed by atoms with E-state index in [1.807, 2.05) is 4.90 Å². The highest BCUT2D eigenvalue weighted by molar-refractivity contribution is 5.90. The van der Waals surface area contributed by atoms with Crippen LogP contribution in [0.3, 0.4) is 0 Å². The fourth-order valence-electron chi connectivity index (χ4n) is 3.02. The van der Waals surface area contributed by atoms with Crippen LogP contribution in [0.2, 0.25) is 0 Å². The van der Waals surface area contributed by atoms with Crippen LogP contribution in [-0.4, -0.2) is 96.4 Å². The highest BCUT2D eigenvalue weighted by Crippen LogP contribution is 2.11. The summed E-state index contributed by atoms with van der Waals surface area (Å²) < 4.78 is 9.95. The van der Waals surface area contributed by atoms with Gasteiger partial charge in [0.2, 0.25) is 0 Å². The number of esters is 1. The third-order valence-corrected chi connectivity index (χ3v) is 4.79. The van der Waals surface area contributed by atoms with Gasteiger partial charge in [0.1, 0.15) is 5.75 Å². The Morgan fingerprint density at radius 3 is 2.27 bits per heavy atom. The van der Waals surface area contributed by atoms with Crippen LogP contribution in [0.5, 0.6) is 5.75 Å². The van der Waals surface area contributed by atoms with Gasteiger partial charge >= 0.3 is 5.97 Å². The minimum absolute atomic E-state index is 0.132. The Morgan fingerprint density at radius 2 is 1.70 bits per heavy atom. The summed E-state index contributed by atoms with van der Waals surface area (Å²) in [5.41, 5.74) is 0.773. The summed E-state index contributed by atoms with van der Waals surface area (Å²) in [5.74, 6) is -1.22. The predicted octanol–water partition coefficient (Wildman–Crippen LogP) is -1.26. The van der Waals surface area contributed by atoms with Gasteiger partial charge in [0.05, 0.1) is 20.3 Å². The second-order valence-electron chi connectivity index (χ2n) is 6.86. The van der Waals surface area contributed by atoms with Crippen LogP contribution in [0.15, 0.2) is 24.3 Å². The summed E-state index contributed by atoms with van der Waals surface area (Å²) in [5, 5.41) is 22.7. The molecule has 1 heterocycles. The number of amides is 2. The number of carbonyl (C=O) groups is 3. The summed E-state index contributed by atoms with van der Waals surface area (Å²) in [7, 11) is 1.55. The van der Waals surface area contributed by atoms with Crippen molar-refractivity contribution in [2.24, 2.45) is 0 Å². The Balaban J connectivity index is 1.78. The topological polar surface area (TPSA) is 129 Å². The molecule has 1 aliphatic rings. The fraction of sp³-hybridized carbons (Fsp3) is 0.550. The van der Waals surface area contributed by atoms with Crippen molar-refractivity contribution in [3.05, 3.63) is 29.8 Å². The predicted molar refractivity (Wildman–Crippen MR) is 107 cm³/mol. The summed E-state index contributed by atoms with van der Waals surface area (Å²) in [4.78, 5) is 39.3. The van der Waals surface area contributed by atoms with E-state index in [4.69, 9.17) is 9.47 Å². The first-order valence-electron chi connectivity index (χ1n) is 9.79. The van der Waals surface area contributed by atoms with E-state index in [1.54, 1.807) is 38.3 Å². The molecular formula is C20H29N3O7. The first kappa shape index (κ1) is 23.6. The zero-order valence-corrected chi connectivity index (χ0v) is 17.2. The molecule has 0 aliphatic carbocycles. The zero-order chi connectivity index (χ0) is 22.1. The third kappa shape index (κ3) is 6.68. The third-order valence-electron chi connectivity index (χ3n) is 4.79. The molecule has 3 N–H and O–H groups in total. The number of nitrogens with one attached hydrogen (secondary N) is 1. The van der Waals surface area contributed by atoms with Crippen molar-refractivity contribution in [2.45, 2.75) is 25.7 Å². The molecule has 0 bridgehead atoms. The number of ether oxygens (including phenoxy) is 2. The molecule has 2 rings (SSSR count). The first-order valence-corrected chi connectivity index (χ1v) is 9.79. The second-order valence-corrected chi connectivity index (χ2v) is 6.86. The van der Waals surface area contributed by atoms with Crippen LogP contribution >= 0.6 is 0 Å². The lowest BCUT2D eigenvalue weighted by Crippen LogP contribution is -2.56. The molecule has 1 saturated heterocycles. The number of hydrogen-bond acceptors (Lipinski definition) is 8. The molecule has 10 nitrogen and oxygen atoms in total. The van der Waals surface area contributed by atoms with Crippen LogP contribution in [0.1, 0.15) is 12.5 Å². The van der Waals surface area contributed by atoms with Crippen LogP contribution in [0.25, 0.3) is 0 Å². The van der Waals surface area contributed by atoms with Gasteiger partial charge in [0.25, 0.3) is 11.8 Å². The number of aliphatic hydroxyl groups is 2. The van der Waals surface area contributed by atoms with Gasteiger partial charge in [-0.15, -0.1) is 0 Å². The van der Waals surface area contributed by atoms with E-state index in [0.717, 1.165) is 5.56 Å². The molecule has 10 heteroatoms. The fourth-order valence-corrected chi connectivity index (χ4v) is 3.02. The Morgan fingerprint density at radius 1 is 1.07 bits per heavy atom. The van der Waals surface area contributed by atoms with E-state index < -0.39 is 24.0 Å². The molecule has 0 aromatic heterocycles. The maximum absolute atomic E-state index is 12.4. The molecule has 166 valence electrons. The van der Waals surface area contributed by atoms with Crippen molar-refractivity contribution in [3.63, 3.8) is 0 Å². The number of hydrogen-bond donors (Lipinski definition) is 3. The molecular weight excluding hydrogens is 394 g/mol. The Kier molecular flexibility index (Phi) is 9.03. The van der Waals surface area contributed by atoms with Gasteiger partial charge in [-0.1, -0.05) is 12.1 Å². The number of benzene rings is 1. The van der Waals surface area contributed by atoms with Crippen molar-refractivity contribution in [1.29, 1.82) is 0 Å². The maximum atomic E-state index is 12.4. The highest BCUT2D eigenvalue weighted by Gasteiger charge is 2.34. The number of rotatable bonds is 9. The summed E-state index contributed by atoms with van der Waals surface area (Å²) in [6, 6.07) is 6.97. The van der Waals surface area contributed by atoms with E-state index in [0.29, 0.717) is 25.4 Å². The van der Waals surface area contributed by atoms with Crippen molar-refractivity contribution in [3.8, 4) is 5.75 Å². The molecule has 30 heavy (non-hydrogen) atoms. The summed E-state index contributed by atoms with van der Waals surface area (Å²) in [6.45, 7) is 3.71. The lowest BCUT2D eigenvalue weighted by Gasteiger charge is -2.35. The molecule has 1 fully saturated rings. The number of aliphatic hydroxyl groups excluding tert-OH is 2. The van der Waals surface area contributed by atoms with E-state index in [1.165, 1.54) is 4.90 Å². The maximum Gasteiger partial charge on any atom is 0.320 e. The Hall–Kier alpha value is -2.69. The average molecular weight is 423 g/mol. The molecule has 0 unspecified atom stereocenters. The lowest BCUT2D eigenvalue weighted by molar-refractivity contribution is -0.155. The van der Waals surface area contributed by atoms with Crippen LogP contribution in [0, 0.1) is 0 Å². The van der Waals surface area contributed by atoms with Gasteiger partial charge in [-0.05, 0) is 24.6 Å². The molecule has 2 atom stereocenters. The minimum atomic E-state index is -1.88. The zero-order valence-electron chi connectivity index (χ0n) is 17.2. The number of piperazine rings is 1. The van der Waals surface area contributed by atoms with Crippen LogP contribution < -0.4 is 10.1 Å². The van der Waals surface area contributed by atoms with Crippen LogP contribution in [-0.2, 0) is 25.7 Å². The van der Waals surface area contributed by atoms with Crippen molar-refractivity contribution < 1.29 is 34.1 Å². The second kappa shape index (κ2) is 11.5. The standard InChI is InChI=1S/C20H29N3O7/c1-3-30-16(24)13-22-8-10-23(11-9-22)20(28)18(26)17(25)19(27)21-12-14-4-6-15(29-2)7-5-14/h4-7,17-18,25-26H,3,8-13H2,1-2H3,(H,21,27)/t17-,18-/m1/s1. The van der Waals surface area contributed by atoms with Crippen molar-refractivity contribution in [1.82, 2.24) is 15.1 Å². The van der Waals surface area contributed by atoms with Crippen LogP contribution in [0.4, 0.5) is 0 Å². The molecule has 1 aromatic carbocycles. The minimum Gasteiger partial charge on any atom is -0.497 e. The molecule has 1 aromatic rings. The van der Waals surface area contributed by atoms with Gasteiger partial charge < -0.3 is 29.9 Å². The van der Waals surface area contributed by atoms with Crippen molar-refractivity contribution in [2.75, 3.05) is 46.4 Å². The van der Waals surface area contributed by atoms with Gasteiger partial charge in [-0.2, -0.15) is 0 Å². The normalized spacial score (nSPS) is 16.5. The van der Waals surface area contributed by atoms with E-state index in [-0.39, 0.29) is 32.1 Å². The smallest absolute Gasteiger partial charge is 0.320 e. The Bertz CT molecular complexity index is 718. The van der Waals surface area contributed by atoms with E-state index >= 15 is 0 Å². The van der Waals surface area contributed by atoms with Gasteiger partial charge in [0, 0.05) is 32.7 Å². The van der Waals surface area contributed by atoms with E-state index in [9.17, 15) is 24.6 Å².